The maximum absolute atomic E-state index is 10.7. The van der Waals surface area contributed by atoms with Crippen molar-refractivity contribution < 1.29 is 9.72 Å². The van der Waals surface area contributed by atoms with Gasteiger partial charge in [-0.3, -0.25) is 14.9 Å². The Hall–Kier alpha value is -1.36. The number of halogens is 1. The number of nitro benzene ring substituents is 1. The zero-order valence-corrected chi connectivity index (χ0v) is 13.4. The molecular formula is C10H7ClN4O3S3. The fraction of sp³-hybridized carbons (Fsp3) is 0.100. The van der Waals surface area contributed by atoms with E-state index in [0.717, 1.165) is 0 Å². The van der Waals surface area contributed by atoms with Crippen LogP contribution in [0.5, 0.6) is 0 Å². The summed E-state index contributed by atoms with van der Waals surface area (Å²) in [7, 11) is 0. The van der Waals surface area contributed by atoms with Crippen LogP contribution in [0.1, 0.15) is 0 Å². The molecule has 1 heterocycles. The second-order valence-corrected chi connectivity index (χ2v) is 7.46. The highest BCUT2D eigenvalue weighted by Crippen LogP contribution is 2.38. The normalized spacial score (nSPS) is 10.5. The molecule has 0 saturated heterocycles. The molecule has 0 aliphatic carbocycles. The number of thioether (sulfide) groups is 1. The molecule has 1 amide bonds. The molecule has 0 atom stereocenters. The molecule has 0 unspecified atom stereocenters. The van der Waals surface area contributed by atoms with E-state index in [0.29, 0.717) is 13.6 Å². The van der Waals surface area contributed by atoms with Gasteiger partial charge in [-0.2, -0.15) is 0 Å². The van der Waals surface area contributed by atoms with Gasteiger partial charge < -0.3 is 5.73 Å². The maximum atomic E-state index is 10.7. The molecule has 0 spiro atoms. The van der Waals surface area contributed by atoms with Crippen LogP contribution in [-0.2, 0) is 4.79 Å². The number of benzene rings is 1. The summed E-state index contributed by atoms with van der Waals surface area (Å²) in [6.45, 7) is 0. The molecule has 0 aliphatic rings. The lowest BCUT2D eigenvalue weighted by molar-refractivity contribution is -0.384. The third-order valence-corrected chi connectivity index (χ3v) is 5.68. The first-order chi connectivity index (χ1) is 9.95. The van der Waals surface area contributed by atoms with Crippen LogP contribution >= 0.6 is 46.5 Å². The first-order valence-electron chi connectivity index (χ1n) is 5.32. The lowest BCUT2D eigenvalue weighted by atomic mass is 10.3. The van der Waals surface area contributed by atoms with Gasteiger partial charge in [0.1, 0.15) is 0 Å². The molecule has 1 aromatic heterocycles. The number of carbonyl (C=O) groups excluding carboxylic acids is 1. The summed E-state index contributed by atoms with van der Waals surface area (Å²) in [6.07, 6.45) is 0. The molecule has 11 heteroatoms. The fourth-order valence-corrected chi connectivity index (χ4v) is 4.22. The summed E-state index contributed by atoms with van der Waals surface area (Å²) < 4.78 is 1.24. The number of primary amides is 1. The van der Waals surface area contributed by atoms with E-state index in [1.807, 2.05) is 0 Å². The number of hydrogen-bond acceptors (Lipinski definition) is 8. The molecule has 2 aromatic rings. The van der Waals surface area contributed by atoms with E-state index < -0.39 is 10.8 Å². The van der Waals surface area contributed by atoms with Gasteiger partial charge in [-0.15, -0.1) is 10.2 Å². The topological polar surface area (TPSA) is 112 Å². The van der Waals surface area contributed by atoms with Gasteiger partial charge in [0.25, 0.3) is 5.69 Å². The highest BCUT2D eigenvalue weighted by molar-refractivity contribution is 8.03. The average Bonchev–Trinajstić information content (AvgIpc) is 2.86. The van der Waals surface area contributed by atoms with Gasteiger partial charge in [-0.1, -0.05) is 46.5 Å². The minimum atomic E-state index is -0.510. The Morgan fingerprint density at radius 2 is 2.14 bits per heavy atom. The highest BCUT2D eigenvalue weighted by Gasteiger charge is 2.13. The van der Waals surface area contributed by atoms with Crippen LogP contribution in [0.3, 0.4) is 0 Å². The molecule has 0 aliphatic heterocycles. The lowest BCUT2D eigenvalue weighted by Gasteiger charge is -2.00. The van der Waals surface area contributed by atoms with Crippen LogP contribution < -0.4 is 5.73 Å². The Balaban J connectivity index is 2.08. The van der Waals surface area contributed by atoms with Gasteiger partial charge in [-0.05, 0) is 6.07 Å². The predicted molar refractivity (Wildman–Crippen MR) is 82.1 cm³/mol. The van der Waals surface area contributed by atoms with Crippen LogP contribution in [0.15, 0.2) is 31.8 Å². The van der Waals surface area contributed by atoms with Crippen molar-refractivity contribution in [3.05, 3.63) is 33.3 Å². The number of carbonyl (C=O) groups is 1. The fourth-order valence-electron chi connectivity index (χ4n) is 1.21. The minimum absolute atomic E-state index is 0.0701. The summed E-state index contributed by atoms with van der Waals surface area (Å²) in [5.41, 5.74) is 4.98. The number of non-ortho nitro benzene ring substituents is 1. The monoisotopic (exact) mass is 362 g/mol. The van der Waals surface area contributed by atoms with Crippen molar-refractivity contribution in [2.24, 2.45) is 5.73 Å². The van der Waals surface area contributed by atoms with Gasteiger partial charge in [0.2, 0.25) is 5.91 Å². The average molecular weight is 363 g/mol. The Morgan fingerprint density at radius 3 is 2.76 bits per heavy atom. The van der Waals surface area contributed by atoms with Crippen LogP contribution in [0.2, 0.25) is 5.02 Å². The molecule has 0 bridgehead atoms. The quantitative estimate of drug-likeness (QED) is 0.477. The first kappa shape index (κ1) is 16.0. The molecule has 21 heavy (non-hydrogen) atoms. The van der Waals surface area contributed by atoms with Gasteiger partial charge in [0.05, 0.1) is 15.7 Å². The standard InChI is InChI=1S/C10H7ClN4O3S3/c11-6-3-5(15(17)18)1-2-7(6)20-10-14-13-9(21-10)19-4-8(12)16/h1-3H,4H2,(H2,12,16). The van der Waals surface area contributed by atoms with Crippen LogP contribution in [0.4, 0.5) is 5.69 Å². The van der Waals surface area contributed by atoms with E-state index in [1.54, 1.807) is 6.07 Å². The minimum Gasteiger partial charge on any atom is -0.369 e. The number of hydrogen-bond donors (Lipinski definition) is 1. The molecule has 0 saturated carbocycles. The summed E-state index contributed by atoms with van der Waals surface area (Å²) >= 11 is 9.75. The smallest absolute Gasteiger partial charge is 0.270 e. The number of amides is 1. The summed E-state index contributed by atoms with van der Waals surface area (Å²) in [4.78, 5) is 21.4. The van der Waals surface area contributed by atoms with Crippen LogP contribution in [-0.4, -0.2) is 26.8 Å². The van der Waals surface area contributed by atoms with Gasteiger partial charge in [0.15, 0.2) is 8.68 Å². The summed E-state index contributed by atoms with van der Waals surface area (Å²) in [5.74, 6) is -0.291. The van der Waals surface area contributed by atoms with E-state index in [-0.39, 0.29) is 16.5 Å². The Morgan fingerprint density at radius 1 is 1.43 bits per heavy atom. The third-order valence-electron chi connectivity index (χ3n) is 2.05. The summed E-state index contributed by atoms with van der Waals surface area (Å²) in [6, 6.07) is 4.22. The second-order valence-electron chi connectivity index (χ2n) is 3.56. The van der Waals surface area contributed by atoms with Crippen molar-refractivity contribution >= 4 is 58.1 Å². The molecule has 7 nitrogen and oxygen atoms in total. The Labute approximate surface area is 136 Å². The zero-order valence-electron chi connectivity index (χ0n) is 10.2. The van der Waals surface area contributed by atoms with E-state index in [2.05, 4.69) is 10.2 Å². The Kier molecular flexibility index (Phi) is 5.39. The largest absolute Gasteiger partial charge is 0.369 e. The van der Waals surface area contributed by atoms with E-state index in [4.69, 9.17) is 17.3 Å². The van der Waals surface area contributed by atoms with Crippen molar-refractivity contribution in [1.29, 1.82) is 0 Å². The van der Waals surface area contributed by atoms with Gasteiger partial charge in [0, 0.05) is 17.0 Å². The van der Waals surface area contributed by atoms with Crippen molar-refractivity contribution in [3.8, 4) is 0 Å². The van der Waals surface area contributed by atoms with Crippen molar-refractivity contribution in [2.75, 3.05) is 5.75 Å². The van der Waals surface area contributed by atoms with Crippen LogP contribution in [0.25, 0.3) is 0 Å². The molecule has 0 radical (unpaired) electrons. The first-order valence-corrected chi connectivity index (χ1v) is 8.32. The van der Waals surface area contributed by atoms with Crippen molar-refractivity contribution in [2.45, 2.75) is 13.6 Å². The maximum Gasteiger partial charge on any atom is 0.270 e. The molecular weight excluding hydrogens is 356 g/mol. The SMILES string of the molecule is NC(=O)CSc1nnc(Sc2ccc([N+](=O)[O-])cc2Cl)s1. The van der Waals surface area contributed by atoms with Crippen LogP contribution in [0, 0.1) is 10.1 Å². The van der Waals surface area contributed by atoms with E-state index in [1.165, 1.54) is 47.0 Å². The van der Waals surface area contributed by atoms with Crippen molar-refractivity contribution in [3.63, 3.8) is 0 Å². The highest BCUT2D eigenvalue weighted by atomic mass is 35.5. The van der Waals surface area contributed by atoms with Crippen molar-refractivity contribution in [1.82, 2.24) is 10.2 Å². The Bertz CT molecular complexity index is 694. The number of aromatic nitrogens is 2. The molecule has 0 fully saturated rings. The second kappa shape index (κ2) is 7.07. The molecule has 2 N–H and O–H groups in total. The van der Waals surface area contributed by atoms with E-state index >= 15 is 0 Å². The predicted octanol–water partition coefficient (Wildman–Crippen LogP) is 2.83. The zero-order chi connectivity index (χ0) is 15.4. The van der Waals surface area contributed by atoms with E-state index in [9.17, 15) is 14.9 Å². The van der Waals surface area contributed by atoms with Gasteiger partial charge in [-0.25, -0.2) is 0 Å². The third kappa shape index (κ3) is 4.56. The number of nitrogens with zero attached hydrogens (tertiary/aromatic N) is 3. The number of nitro groups is 1. The van der Waals surface area contributed by atoms with Gasteiger partial charge >= 0.3 is 0 Å². The molecule has 110 valence electrons. The lowest BCUT2D eigenvalue weighted by Crippen LogP contribution is -2.12. The summed E-state index contributed by atoms with van der Waals surface area (Å²) in [5, 5.41) is 18.8. The molecule has 1 aromatic carbocycles. The molecule has 2 rings (SSSR count). The number of nitrogens with two attached hydrogens (primary N) is 1. The number of rotatable bonds is 6.